The fourth-order valence-corrected chi connectivity index (χ4v) is 2.20. The van der Waals surface area contributed by atoms with E-state index in [-0.39, 0.29) is 0 Å². The van der Waals surface area contributed by atoms with Gasteiger partial charge in [0.1, 0.15) is 0 Å². The molecule has 80 valence electrons. The molecule has 15 heavy (non-hydrogen) atoms. The van der Waals surface area contributed by atoms with E-state index in [1.165, 1.54) is 16.8 Å². The van der Waals surface area contributed by atoms with Crippen molar-refractivity contribution in [2.45, 2.75) is 26.7 Å². The van der Waals surface area contributed by atoms with Gasteiger partial charge >= 0.3 is 0 Å². The van der Waals surface area contributed by atoms with E-state index >= 15 is 0 Å². The van der Waals surface area contributed by atoms with Crippen molar-refractivity contribution >= 4 is 11.5 Å². The van der Waals surface area contributed by atoms with Gasteiger partial charge in [-0.3, -0.25) is 4.79 Å². The van der Waals surface area contributed by atoms with Gasteiger partial charge in [0, 0.05) is 18.7 Å². The minimum atomic E-state index is 0.362. The van der Waals surface area contributed by atoms with Gasteiger partial charge in [0.15, 0.2) is 5.78 Å². The molecule has 2 heteroatoms. The van der Waals surface area contributed by atoms with E-state index in [1.54, 1.807) is 0 Å². The van der Waals surface area contributed by atoms with Crippen LogP contribution in [0.25, 0.3) is 0 Å². The van der Waals surface area contributed by atoms with Gasteiger partial charge in [0.2, 0.25) is 0 Å². The Balaban J connectivity index is 2.24. The van der Waals surface area contributed by atoms with Crippen LogP contribution in [0.4, 0.5) is 5.69 Å². The minimum absolute atomic E-state index is 0.362. The second kappa shape index (κ2) is 4.05. The molecule has 1 fully saturated rings. The molecule has 2 nitrogen and oxygen atoms in total. The Morgan fingerprint density at radius 2 is 2.07 bits per heavy atom. The van der Waals surface area contributed by atoms with E-state index < -0.39 is 0 Å². The van der Waals surface area contributed by atoms with Gasteiger partial charge in [0.25, 0.3) is 0 Å². The van der Waals surface area contributed by atoms with E-state index in [0.717, 1.165) is 19.4 Å². The van der Waals surface area contributed by atoms with Crippen LogP contribution < -0.4 is 4.90 Å². The highest BCUT2D eigenvalue weighted by Crippen LogP contribution is 2.23. The Morgan fingerprint density at radius 1 is 1.27 bits per heavy atom. The lowest BCUT2D eigenvalue weighted by molar-refractivity contribution is -0.118. The smallest absolute Gasteiger partial charge is 0.152 e. The van der Waals surface area contributed by atoms with Crippen LogP contribution >= 0.6 is 0 Å². The molecule has 0 aliphatic carbocycles. The minimum Gasteiger partial charge on any atom is -0.364 e. The maximum Gasteiger partial charge on any atom is 0.152 e. The summed E-state index contributed by atoms with van der Waals surface area (Å²) in [6.45, 7) is 5.80. The molecule has 1 saturated heterocycles. The molecule has 1 aromatic carbocycles. The van der Waals surface area contributed by atoms with Crippen molar-refractivity contribution in [1.29, 1.82) is 0 Å². The highest BCUT2D eigenvalue weighted by atomic mass is 16.1. The number of aryl methyl sites for hydroxylation is 2. The van der Waals surface area contributed by atoms with Gasteiger partial charge in [0.05, 0.1) is 6.54 Å². The van der Waals surface area contributed by atoms with E-state index in [0.29, 0.717) is 12.3 Å². The standard InChI is InChI=1S/C13H17NO/c1-10-5-6-13(11(2)8-10)14-7-3-4-12(15)9-14/h5-6,8H,3-4,7,9H2,1-2H3. The van der Waals surface area contributed by atoms with Gasteiger partial charge in [-0.2, -0.15) is 0 Å². The summed E-state index contributed by atoms with van der Waals surface area (Å²) in [4.78, 5) is 13.6. The van der Waals surface area contributed by atoms with Crippen molar-refractivity contribution in [1.82, 2.24) is 0 Å². The predicted octanol–water partition coefficient (Wildman–Crippen LogP) is 2.47. The third-order valence-electron chi connectivity index (χ3n) is 2.94. The zero-order chi connectivity index (χ0) is 10.8. The number of nitrogens with zero attached hydrogens (tertiary/aromatic N) is 1. The third-order valence-corrected chi connectivity index (χ3v) is 2.94. The maximum absolute atomic E-state index is 11.4. The fraction of sp³-hybridized carbons (Fsp3) is 0.462. The normalized spacial score (nSPS) is 16.9. The molecule has 0 saturated carbocycles. The first-order valence-electron chi connectivity index (χ1n) is 5.51. The van der Waals surface area contributed by atoms with Crippen LogP contribution in [0.15, 0.2) is 18.2 Å². The Kier molecular flexibility index (Phi) is 2.76. The summed E-state index contributed by atoms with van der Waals surface area (Å²) in [5.41, 5.74) is 3.76. The van der Waals surface area contributed by atoms with Crippen molar-refractivity contribution < 1.29 is 4.79 Å². The van der Waals surface area contributed by atoms with E-state index in [2.05, 4.69) is 36.9 Å². The van der Waals surface area contributed by atoms with Crippen LogP contribution in [0, 0.1) is 13.8 Å². The number of Topliss-reactive ketones (excluding diaryl/α,β-unsaturated/α-hetero) is 1. The summed E-state index contributed by atoms with van der Waals surface area (Å²) in [6.07, 6.45) is 1.74. The first-order valence-corrected chi connectivity index (χ1v) is 5.51. The number of carbonyl (C=O) groups excluding carboxylic acids is 1. The quantitative estimate of drug-likeness (QED) is 0.699. The number of rotatable bonds is 1. The molecule has 2 rings (SSSR count). The first-order chi connectivity index (χ1) is 7.16. The number of hydrogen-bond donors (Lipinski definition) is 0. The lowest BCUT2D eigenvalue weighted by Gasteiger charge is -2.29. The van der Waals surface area contributed by atoms with E-state index in [4.69, 9.17) is 0 Å². The molecule has 0 radical (unpaired) electrons. The molecule has 0 bridgehead atoms. The third kappa shape index (κ3) is 2.20. The summed E-state index contributed by atoms with van der Waals surface area (Å²) >= 11 is 0. The number of benzene rings is 1. The molecule has 0 unspecified atom stereocenters. The van der Waals surface area contributed by atoms with Crippen molar-refractivity contribution in [2.75, 3.05) is 18.0 Å². The first kappa shape index (κ1) is 10.2. The van der Waals surface area contributed by atoms with Crippen molar-refractivity contribution in [3.63, 3.8) is 0 Å². The topological polar surface area (TPSA) is 20.3 Å². The average Bonchev–Trinajstić information content (AvgIpc) is 2.17. The average molecular weight is 203 g/mol. The summed E-state index contributed by atoms with van der Waals surface area (Å²) < 4.78 is 0. The Labute approximate surface area is 90.9 Å². The lowest BCUT2D eigenvalue weighted by Crippen LogP contribution is -2.35. The zero-order valence-corrected chi connectivity index (χ0v) is 9.42. The zero-order valence-electron chi connectivity index (χ0n) is 9.42. The summed E-state index contributed by atoms with van der Waals surface area (Å²) in [5, 5.41) is 0. The lowest BCUT2D eigenvalue weighted by atomic mass is 10.1. The summed E-state index contributed by atoms with van der Waals surface area (Å²) in [5.74, 6) is 0.362. The molecule has 0 N–H and O–H groups in total. The molecule has 1 aliphatic heterocycles. The van der Waals surface area contributed by atoms with Crippen molar-refractivity contribution in [2.24, 2.45) is 0 Å². The predicted molar refractivity (Wildman–Crippen MR) is 62.4 cm³/mol. The second-order valence-corrected chi connectivity index (χ2v) is 4.35. The van der Waals surface area contributed by atoms with Gasteiger partial charge in [-0.1, -0.05) is 17.7 Å². The van der Waals surface area contributed by atoms with Crippen LogP contribution in [-0.4, -0.2) is 18.9 Å². The van der Waals surface area contributed by atoms with Gasteiger partial charge in [-0.15, -0.1) is 0 Å². The summed E-state index contributed by atoms with van der Waals surface area (Å²) in [7, 11) is 0. The molecule has 0 aromatic heterocycles. The van der Waals surface area contributed by atoms with Gasteiger partial charge < -0.3 is 4.90 Å². The van der Waals surface area contributed by atoms with E-state index in [1.807, 2.05) is 0 Å². The number of piperidine rings is 1. The molecule has 1 aliphatic rings. The summed E-state index contributed by atoms with van der Waals surface area (Å²) in [6, 6.07) is 6.42. The number of hydrogen-bond acceptors (Lipinski definition) is 2. The Bertz CT molecular complexity index is 384. The molecule has 0 spiro atoms. The fourth-order valence-electron chi connectivity index (χ4n) is 2.20. The SMILES string of the molecule is Cc1ccc(N2CCCC(=O)C2)c(C)c1. The van der Waals surface area contributed by atoms with Crippen molar-refractivity contribution in [3.05, 3.63) is 29.3 Å². The monoisotopic (exact) mass is 203 g/mol. The van der Waals surface area contributed by atoms with Gasteiger partial charge in [-0.05, 0) is 31.9 Å². The number of anilines is 1. The second-order valence-electron chi connectivity index (χ2n) is 4.35. The molecule has 1 heterocycles. The maximum atomic E-state index is 11.4. The van der Waals surface area contributed by atoms with Crippen LogP contribution in [0.2, 0.25) is 0 Å². The molecular weight excluding hydrogens is 186 g/mol. The van der Waals surface area contributed by atoms with Crippen LogP contribution in [0.1, 0.15) is 24.0 Å². The highest BCUT2D eigenvalue weighted by molar-refractivity contribution is 5.85. The largest absolute Gasteiger partial charge is 0.364 e. The molecule has 0 atom stereocenters. The number of carbonyl (C=O) groups is 1. The van der Waals surface area contributed by atoms with Crippen LogP contribution in [0.3, 0.4) is 0 Å². The van der Waals surface area contributed by atoms with Gasteiger partial charge in [-0.25, -0.2) is 0 Å². The molecule has 0 amide bonds. The van der Waals surface area contributed by atoms with E-state index in [9.17, 15) is 4.79 Å². The van der Waals surface area contributed by atoms with Crippen LogP contribution in [0.5, 0.6) is 0 Å². The molecular formula is C13H17NO. The Morgan fingerprint density at radius 3 is 2.73 bits per heavy atom. The van der Waals surface area contributed by atoms with Crippen molar-refractivity contribution in [3.8, 4) is 0 Å². The number of ketones is 1. The Hall–Kier alpha value is -1.31. The van der Waals surface area contributed by atoms with Crippen LogP contribution in [-0.2, 0) is 4.79 Å². The molecule has 1 aromatic rings. The highest BCUT2D eigenvalue weighted by Gasteiger charge is 2.17.